The standard InChI is InChI=1S/C15H18N4O3/c1-9(16-10(2)20)14(21)17-18-15(22)12-8-19(3)13-7-5-4-6-11(12)13/h4-9H,1-3H3,(H,16,20)(H,17,21)(H,18,22). The molecule has 0 aliphatic rings. The molecule has 7 heteroatoms. The minimum absolute atomic E-state index is 0.317. The predicted molar refractivity (Wildman–Crippen MR) is 81.8 cm³/mol. The number of amides is 3. The minimum atomic E-state index is -0.731. The molecule has 0 spiro atoms. The number of nitrogens with zero attached hydrogens (tertiary/aromatic N) is 1. The van der Waals surface area contributed by atoms with Crippen LogP contribution in [-0.4, -0.2) is 28.3 Å². The van der Waals surface area contributed by atoms with E-state index in [1.165, 1.54) is 13.8 Å². The van der Waals surface area contributed by atoms with Gasteiger partial charge < -0.3 is 9.88 Å². The fourth-order valence-electron chi connectivity index (χ4n) is 2.19. The summed E-state index contributed by atoms with van der Waals surface area (Å²) in [6.07, 6.45) is 1.70. The molecule has 3 N–H and O–H groups in total. The van der Waals surface area contributed by atoms with Crippen molar-refractivity contribution in [2.24, 2.45) is 7.05 Å². The Morgan fingerprint density at radius 1 is 1.14 bits per heavy atom. The van der Waals surface area contributed by atoms with Crippen LogP contribution < -0.4 is 16.2 Å². The zero-order chi connectivity index (χ0) is 16.3. The summed E-state index contributed by atoms with van der Waals surface area (Å²) >= 11 is 0. The van der Waals surface area contributed by atoms with Gasteiger partial charge in [-0.3, -0.25) is 25.2 Å². The van der Waals surface area contributed by atoms with Crippen LogP contribution in [0.25, 0.3) is 10.9 Å². The summed E-state index contributed by atoms with van der Waals surface area (Å²) in [5.74, 6) is -1.23. The van der Waals surface area contributed by atoms with Gasteiger partial charge in [0.2, 0.25) is 5.91 Å². The van der Waals surface area contributed by atoms with Crippen molar-refractivity contribution in [3.05, 3.63) is 36.0 Å². The third-order valence-corrected chi connectivity index (χ3v) is 3.25. The molecular formula is C15H18N4O3. The van der Waals surface area contributed by atoms with Crippen LogP contribution in [0.4, 0.5) is 0 Å². The van der Waals surface area contributed by atoms with Crippen molar-refractivity contribution in [3.8, 4) is 0 Å². The van der Waals surface area contributed by atoms with Gasteiger partial charge in [0.1, 0.15) is 6.04 Å². The van der Waals surface area contributed by atoms with Gasteiger partial charge in [0, 0.05) is 31.1 Å². The maximum atomic E-state index is 12.2. The van der Waals surface area contributed by atoms with E-state index in [9.17, 15) is 14.4 Å². The summed E-state index contributed by atoms with van der Waals surface area (Å²) in [7, 11) is 1.84. The number of carbonyl (C=O) groups excluding carboxylic acids is 3. The van der Waals surface area contributed by atoms with Gasteiger partial charge in [0.15, 0.2) is 0 Å². The van der Waals surface area contributed by atoms with Gasteiger partial charge in [-0.25, -0.2) is 0 Å². The average Bonchev–Trinajstić information content (AvgIpc) is 2.81. The molecule has 0 saturated heterocycles. The molecule has 0 bridgehead atoms. The third-order valence-electron chi connectivity index (χ3n) is 3.25. The lowest BCUT2D eigenvalue weighted by Crippen LogP contribution is -2.50. The molecule has 1 unspecified atom stereocenters. The van der Waals surface area contributed by atoms with Crippen molar-refractivity contribution in [1.29, 1.82) is 0 Å². The molecule has 2 aromatic rings. The number of para-hydroxylation sites is 1. The highest BCUT2D eigenvalue weighted by Crippen LogP contribution is 2.19. The second-order valence-corrected chi connectivity index (χ2v) is 5.04. The number of nitrogens with one attached hydrogen (secondary N) is 3. The van der Waals surface area contributed by atoms with E-state index in [4.69, 9.17) is 0 Å². The summed E-state index contributed by atoms with van der Waals surface area (Å²) in [4.78, 5) is 34.8. The van der Waals surface area contributed by atoms with E-state index in [0.29, 0.717) is 5.56 Å². The largest absolute Gasteiger partial charge is 0.350 e. The monoisotopic (exact) mass is 302 g/mol. The van der Waals surface area contributed by atoms with Crippen LogP contribution >= 0.6 is 0 Å². The van der Waals surface area contributed by atoms with E-state index >= 15 is 0 Å². The lowest BCUT2D eigenvalue weighted by Gasteiger charge is -2.13. The van der Waals surface area contributed by atoms with E-state index in [0.717, 1.165) is 10.9 Å². The van der Waals surface area contributed by atoms with Crippen molar-refractivity contribution in [3.63, 3.8) is 0 Å². The number of rotatable bonds is 3. The van der Waals surface area contributed by atoms with Crippen LogP contribution in [0.2, 0.25) is 0 Å². The van der Waals surface area contributed by atoms with Gasteiger partial charge in [-0.15, -0.1) is 0 Å². The highest BCUT2D eigenvalue weighted by atomic mass is 16.2. The lowest BCUT2D eigenvalue weighted by molar-refractivity contribution is -0.128. The van der Waals surface area contributed by atoms with Crippen molar-refractivity contribution in [2.75, 3.05) is 0 Å². The average molecular weight is 302 g/mol. The van der Waals surface area contributed by atoms with Crippen LogP contribution in [0.1, 0.15) is 24.2 Å². The van der Waals surface area contributed by atoms with Gasteiger partial charge >= 0.3 is 0 Å². The molecule has 7 nitrogen and oxygen atoms in total. The lowest BCUT2D eigenvalue weighted by atomic mass is 10.2. The van der Waals surface area contributed by atoms with Crippen molar-refractivity contribution >= 4 is 28.6 Å². The maximum Gasteiger partial charge on any atom is 0.271 e. The van der Waals surface area contributed by atoms with Crippen molar-refractivity contribution in [2.45, 2.75) is 19.9 Å². The number of aryl methyl sites for hydroxylation is 1. The van der Waals surface area contributed by atoms with Gasteiger partial charge in [-0.2, -0.15) is 0 Å². The number of aromatic nitrogens is 1. The van der Waals surface area contributed by atoms with Gasteiger partial charge in [-0.1, -0.05) is 18.2 Å². The molecular weight excluding hydrogens is 284 g/mol. The van der Waals surface area contributed by atoms with Crippen LogP contribution in [-0.2, 0) is 16.6 Å². The van der Waals surface area contributed by atoms with E-state index in [2.05, 4.69) is 16.2 Å². The number of benzene rings is 1. The zero-order valence-corrected chi connectivity index (χ0v) is 12.6. The third kappa shape index (κ3) is 3.25. The fourth-order valence-corrected chi connectivity index (χ4v) is 2.19. The quantitative estimate of drug-likeness (QED) is 0.719. The van der Waals surface area contributed by atoms with Crippen LogP contribution in [0, 0.1) is 0 Å². The first-order chi connectivity index (χ1) is 10.4. The van der Waals surface area contributed by atoms with Crippen LogP contribution in [0.3, 0.4) is 0 Å². The number of hydrogen-bond acceptors (Lipinski definition) is 3. The topological polar surface area (TPSA) is 92.2 Å². The SMILES string of the molecule is CC(=O)NC(C)C(=O)NNC(=O)c1cn(C)c2ccccc12. The molecule has 0 aliphatic carbocycles. The highest BCUT2D eigenvalue weighted by Gasteiger charge is 2.17. The summed E-state index contributed by atoms with van der Waals surface area (Å²) in [6, 6.07) is 6.75. The van der Waals surface area contributed by atoms with Gasteiger partial charge in [0.05, 0.1) is 5.56 Å². The van der Waals surface area contributed by atoms with Crippen LogP contribution in [0.5, 0.6) is 0 Å². The second-order valence-electron chi connectivity index (χ2n) is 5.04. The summed E-state index contributed by atoms with van der Waals surface area (Å²) in [5, 5.41) is 3.23. The van der Waals surface area contributed by atoms with E-state index in [1.807, 2.05) is 35.9 Å². The summed E-state index contributed by atoms with van der Waals surface area (Å²) in [6.45, 7) is 2.85. The molecule has 22 heavy (non-hydrogen) atoms. The van der Waals surface area contributed by atoms with E-state index < -0.39 is 17.9 Å². The summed E-state index contributed by atoms with van der Waals surface area (Å²) < 4.78 is 1.84. The fraction of sp³-hybridized carbons (Fsp3) is 0.267. The van der Waals surface area contributed by atoms with Gasteiger partial charge in [0.25, 0.3) is 11.8 Å². The Morgan fingerprint density at radius 2 is 1.82 bits per heavy atom. The first kappa shape index (κ1) is 15.6. The smallest absolute Gasteiger partial charge is 0.271 e. The molecule has 1 atom stereocenters. The molecule has 3 amide bonds. The molecule has 0 aliphatic heterocycles. The molecule has 1 aromatic carbocycles. The van der Waals surface area contributed by atoms with E-state index in [-0.39, 0.29) is 5.91 Å². The zero-order valence-electron chi connectivity index (χ0n) is 12.6. The number of hydrogen-bond donors (Lipinski definition) is 3. The minimum Gasteiger partial charge on any atom is -0.350 e. The number of fused-ring (bicyclic) bond motifs is 1. The second kappa shape index (κ2) is 6.30. The first-order valence-corrected chi connectivity index (χ1v) is 6.81. The number of carbonyl (C=O) groups is 3. The Bertz CT molecular complexity index is 735. The Hall–Kier alpha value is -2.83. The number of hydrazine groups is 1. The Morgan fingerprint density at radius 3 is 2.50 bits per heavy atom. The normalized spacial score (nSPS) is 11.8. The molecule has 116 valence electrons. The Labute approximate surface area is 127 Å². The molecule has 1 aromatic heterocycles. The first-order valence-electron chi connectivity index (χ1n) is 6.81. The van der Waals surface area contributed by atoms with E-state index in [1.54, 1.807) is 6.20 Å². The highest BCUT2D eigenvalue weighted by molar-refractivity contribution is 6.07. The molecule has 0 radical (unpaired) electrons. The van der Waals surface area contributed by atoms with Gasteiger partial charge in [-0.05, 0) is 13.0 Å². The molecule has 0 fully saturated rings. The van der Waals surface area contributed by atoms with Crippen molar-refractivity contribution < 1.29 is 14.4 Å². The van der Waals surface area contributed by atoms with Crippen LogP contribution in [0.15, 0.2) is 30.5 Å². The molecule has 0 saturated carbocycles. The maximum absolute atomic E-state index is 12.2. The Balaban J connectivity index is 2.06. The summed E-state index contributed by atoms with van der Waals surface area (Å²) in [5.41, 5.74) is 6.04. The van der Waals surface area contributed by atoms with Crippen molar-refractivity contribution in [1.82, 2.24) is 20.7 Å². The molecule has 2 rings (SSSR count). The Kier molecular flexibility index (Phi) is 4.45. The molecule has 1 heterocycles. The predicted octanol–water partition coefficient (Wildman–Crippen LogP) is 0.464.